The summed E-state index contributed by atoms with van der Waals surface area (Å²) in [5.41, 5.74) is -5.56. The van der Waals surface area contributed by atoms with Gasteiger partial charge in [-0.25, -0.2) is 13.8 Å². The lowest BCUT2D eigenvalue weighted by Crippen LogP contribution is -2.43. The van der Waals surface area contributed by atoms with E-state index in [0.717, 1.165) is 40.4 Å². The number of alkyl halides is 1. The first-order chi connectivity index (χ1) is 19.4. The van der Waals surface area contributed by atoms with Crippen molar-refractivity contribution in [2.45, 2.75) is 58.7 Å². The van der Waals surface area contributed by atoms with Gasteiger partial charge in [-0.15, -0.1) is 0 Å². The van der Waals surface area contributed by atoms with E-state index < -0.39 is 60.6 Å². The molecule has 4 atom stereocenters. The van der Waals surface area contributed by atoms with Gasteiger partial charge in [0.25, 0.3) is 5.56 Å². The van der Waals surface area contributed by atoms with Crippen LogP contribution in [0.1, 0.15) is 40.8 Å². The van der Waals surface area contributed by atoms with Crippen LogP contribution < -0.4 is 11.2 Å². The highest BCUT2D eigenvalue weighted by Gasteiger charge is 2.54. The Kier molecular flexibility index (Phi) is 13.2. The summed E-state index contributed by atoms with van der Waals surface area (Å²) in [6.45, 7) is 5.37. The van der Waals surface area contributed by atoms with E-state index in [1.54, 1.807) is 27.7 Å². The highest BCUT2D eigenvalue weighted by molar-refractivity contribution is 8.14. The topological polar surface area (TPSA) is 204 Å². The molecule has 18 heteroatoms. The molecule has 1 aromatic rings. The first-order valence-corrected chi connectivity index (χ1v) is 16.3. The van der Waals surface area contributed by atoms with Gasteiger partial charge < -0.3 is 20.1 Å². The fourth-order valence-corrected chi connectivity index (χ4v) is 6.40. The van der Waals surface area contributed by atoms with Gasteiger partial charge in [0, 0.05) is 23.8 Å². The third-order valence-corrected chi connectivity index (χ3v) is 10.1. The van der Waals surface area contributed by atoms with Crippen molar-refractivity contribution in [2.24, 2.45) is 10.8 Å². The second kappa shape index (κ2) is 15.1. The summed E-state index contributed by atoms with van der Waals surface area (Å²) in [7, 11) is -4.46. The SMILES string of the molecule is CC(C)(CO)C(=O)SCCOP(=O)(OCCSC(=O)C(C)(C)CO)OC[C@@]1(C)O[C@@H](n2ccc(=O)[nH]c2=O)[C@H](F)[C@@H]1O. The molecule has 0 aromatic carbocycles. The summed E-state index contributed by atoms with van der Waals surface area (Å²) in [6, 6.07) is 0.973. The Morgan fingerprint density at radius 1 is 1.07 bits per heavy atom. The van der Waals surface area contributed by atoms with Crippen LogP contribution in [0.5, 0.6) is 0 Å². The normalized spacial score (nSPS) is 23.3. The highest BCUT2D eigenvalue weighted by atomic mass is 32.2. The van der Waals surface area contributed by atoms with Crippen molar-refractivity contribution in [2.75, 3.05) is 44.5 Å². The maximum Gasteiger partial charge on any atom is 0.474 e. The Hall–Kier alpha value is -1.40. The molecule has 0 amide bonds. The van der Waals surface area contributed by atoms with Gasteiger partial charge >= 0.3 is 13.5 Å². The van der Waals surface area contributed by atoms with Gasteiger partial charge in [0.05, 0.1) is 43.9 Å². The Morgan fingerprint density at radius 3 is 2.02 bits per heavy atom. The second-order valence-electron chi connectivity index (χ2n) is 11.0. The fraction of sp³-hybridized carbons (Fsp3) is 0.750. The van der Waals surface area contributed by atoms with E-state index in [4.69, 9.17) is 18.3 Å². The van der Waals surface area contributed by atoms with E-state index in [1.807, 2.05) is 4.98 Å². The van der Waals surface area contributed by atoms with Crippen molar-refractivity contribution in [1.29, 1.82) is 0 Å². The van der Waals surface area contributed by atoms with E-state index >= 15 is 4.39 Å². The van der Waals surface area contributed by atoms with E-state index in [2.05, 4.69) is 0 Å². The Balaban J connectivity index is 2.11. The maximum absolute atomic E-state index is 15.0. The molecule has 1 aliphatic rings. The van der Waals surface area contributed by atoms with Gasteiger partial charge in [0.1, 0.15) is 11.7 Å². The molecule has 0 unspecified atom stereocenters. The van der Waals surface area contributed by atoms with Crippen LogP contribution >= 0.6 is 31.3 Å². The van der Waals surface area contributed by atoms with E-state index in [9.17, 15) is 39.1 Å². The van der Waals surface area contributed by atoms with Gasteiger partial charge in [0.15, 0.2) is 22.6 Å². The zero-order chi connectivity index (χ0) is 31.9. The summed E-state index contributed by atoms with van der Waals surface area (Å²) in [5.74, 6) is 0.0219. The minimum absolute atomic E-state index is 0.0110. The molecule has 14 nitrogen and oxygen atoms in total. The molecule has 4 N–H and O–H groups in total. The predicted octanol–water partition coefficient (Wildman–Crippen LogP) is 1.24. The number of thioether (sulfide) groups is 2. The Bertz CT molecular complexity index is 1220. The van der Waals surface area contributed by atoms with Crippen molar-refractivity contribution >= 4 is 41.6 Å². The molecule has 42 heavy (non-hydrogen) atoms. The lowest BCUT2D eigenvalue weighted by atomic mass is 9.97. The van der Waals surface area contributed by atoms with Crippen LogP contribution in [0.3, 0.4) is 0 Å². The molecule has 240 valence electrons. The molecule has 1 saturated heterocycles. The minimum Gasteiger partial charge on any atom is -0.395 e. The fourth-order valence-electron chi connectivity index (χ4n) is 3.27. The smallest absolute Gasteiger partial charge is 0.395 e. The van der Waals surface area contributed by atoms with Gasteiger partial charge in [-0.3, -0.25) is 37.5 Å². The molecule has 1 fully saturated rings. The van der Waals surface area contributed by atoms with Crippen molar-refractivity contribution in [3.8, 4) is 0 Å². The summed E-state index contributed by atoms with van der Waals surface area (Å²) < 4.78 is 51.0. The number of aliphatic hydroxyl groups excluding tert-OH is 3. The second-order valence-corrected chi connectivity index (χ2v) is 14.8. The zero-order valence-electron chi connectivity index (χ0n) is 23.9. The Morgan fingerprint density at radius 2 is 1.57 bits per heavy atom. The van der Waals surface area contributed by atoms with Crippen LogP contribution in [0, 0.1) is 10.8 Å². The summed E-state index contributed by atoms with van der Waals surface area (Å²) in [5, 5.41) is 28.6. The van der Waals surface area contributed by atoms with Crippen LogP contribution in [0.15, 0.2) is 21.9 Å². The van der Waals surface area contributed by atoms with E-state index in [1.165, 1.54) is 6.92 Å². The van der Waals surface area contributed by atoms with Crippen molar-refractivity contribution in [1.82, 2.24) is 9.55 Å². The van der Waals surface area contributed by atoms with Gasteiger partial charge in [-0.1, -0.05) is 23.5 Å². The summed E-state index contributed by atoms with van der Waals surface area (Å²) in [4.78, 5) is 50.0. The molecule has 0 radical (unpaired) electrons. The molecule has 1 aromatic heterocycles. The van der Waals surface area contributed by atoms with Gasteiger partial charge in [0.2, 0.25) is 0 Å². The van der Waals surface area contributed by atoms with Crippen LogP contribution in [0.4, 0.5) is 4.39 Å². The first-order valence-electron chi connectivity index (χ1n) is 12.8. The van der Waals surface area contributed by atoms with Gasteiger partial charge in [-0.2, -0.15) is 0 Å². The number of nitrogens with one attached hydrogen (secondary N) is 1. The van der Waals surface area contributed by atoms with Gasteiger partial charge in [-0.05, 0) is 34.6 Å². The number of rotatable bonds is 16. The van der Waals surface area contributed by atoms with E-state index in [-0.39, 0.29) is 48.2 Å². The number of phosphoric ester groups is 1. The molecule has 0 spiro atoms. The van der Waals surface area contributed by atoms with Crippen molar-refractivity contribution < 1.29 is 52.2 Å². The highest BCUT2D eigenvalue weighted by Crippen LogP contribution is 2.52. The van der Waals surface area contributed by atoms with Crippen LogP contribution in [0.25, 0.3) is 0 Å². The number of H-pyrrole nitrogens is 1. The molecule has 2 rings (SSSR count). The maximum atomic E-state index is 15.0. The molecule has 0 bridgehead atoms. The standard InChI is InChI=1S/C24H38FN2O12PS2/c1-22(2,12-28)19(32)41-10-8-36-40(35,37-9-11-42-20(33)23(3,4)13-29)38-14-24(5)17(31)16(25)18(39-24)27-7-6-15(30)26-21(27)34/h6-7,16-18,28-29,31H,8-14H2,1-5H3,(H,26,30,34)/t16-,17+,18-,24-/m1/s1. The number of ether oxygens (including phenoxy) is 1. The molecule has 0 aliphatic carbocycles. The number of nitrogens with zero attached hydrogens (tertiary/aromatic N) is 1. The molecule has 2 heterocycles. The van der Waals surface area contributed by atoms with E-state index in [0.29, 0.717) is 0 Å². The number of hydrogen-bond acceptors (Lipinski definition) is 14. The molecular weight excluding hydrogens is 622 g/mol. The summed E-state index contributed by atoms with van der Waals surface area (Å²) in [6.07, 6.45) is -4.65. The number of hydrogen-bond donors (Lipinski definition) is 4. The summed E-state index contributed by atoms with van der Waals surface area (Å²) >= 11 is 1.66. The number of aromatic nitrogens is 2. The largest absolute Gasteiger partial charge is 0.474 e. The number of carbonyl (C=O) groups is 2. The number of aromatic amines is 1. The van der Waals surface area contributed by atoms with Crippen LogP contribution in [0.2, 0.25) is 0 Å². The number of phosphoric acid groups is 1. The quantitative estimate of drug-likeness (QED) is 0.146. The third-order valence-electron chi connectivity index (χ3n) is 6.25. The molecule has 1 aliphatic heterocycles. The minimum atomic E-state index is -4.46. The van der Waals surface area contributed by atoms with Crippen molar-refractivity contribution in [3.63, 3.8) is 0 Å². The number of halogens is 1. The van der Waals surface area contributed by atoms with Crippen LogP contribution in [-0.4, -0.2) is 97.5 Å². The van der Waals surface area contributed by atoms with Crippen LogP contribution in [-0.2, 0) is 32.5 Å². The average molecular weight is 661 g/mol. The Labute approximate surface area is 250 Å². The molecule has 0 saturated carbocycles. The molecular formula is C24H38FN2O12PS2. The first kappa shape index (κ1) is 36.8. The van der Waals surface area contributed by atoms with Crippen molar-refractivity contribution in [3.05, 3.63) is 33.1 Å². The zero-order valence-corrected chi connectivity index (χ0v) is 26.5. The number of carbonyl (C=O) groups excluding carboxylic acids is 2. The monoisotopic (exact) mass is 660 g/mol. The third kappa shape index (κ3) is 9.55. The predicted molar refractivity (Wildman–Crippen MR) is 153 cm³/mol. The number of aliphatic hydroxyl groups is 3. The lowest BCUT2D eigenvalue weighted by Gasteiger charge is -2.29. The lowest BCUT2D eigenvalue weighted by molar-refractivity contribution is -0.120. The average Bonchev–Trinajstić information content (AvgIpc) is 3.16.